The van der Waals surface area contributed by atoms with Crippen LogP contribution in [0.2, 0.25) is 0 Å². The van der Waals surface area contributed by atoms with E-state index in [0.29, 0.717) is 0 Å². The third-order valence-corrected chi connectivity index (χ3v) is 2.26. The van der Waals surface area contributed by atoms with E-state index in [1.807, 2.05) is 0 Å². The quantitative estimate of drug-likeness (QED) is 0.354. The first-order valence-corrected chi connectivity index (χ1v) is 5.97. The zero-order chi connectivity index (χ0) is 10.5. The maximum absolute atomic E-state index is 3.82. The van der Waals surface area contributed by atoms with Gasteiger partial charge in [-0.05, 0) is 45.4 Å². The summed E-state index contributed by atoms with van der Waals surface area (Å²) in [5.41, 5.74) is 0. The average Bonchev–Trinajstić information content (AvgIpc) is 2.21. The molecule has 0 aliphatic heterocycles. The van der Waals surface area contributed by atoms with Gasteiger partial charge in [-0.1, -0.05) is 44.1 Å². The van der Waals surface area contributed by atoms with Crippen molar-refractivity contribution < 1.29 is 0 Å². The molecule has 0 bridgehead atoms. The molecule has 0 aromatic heterocycles. The zero-order valence-corrected chi connectivity index (χ0v) is 9.67. The molecule has 0 fully saturated rings. The van der Waals surface area contributed by atoms with Gasteiger partial charge in [0.2, 0.25) is 0 Å². The first kappa shape index (κ1) is 13.5. The van der Waals surface area contributed by atoms with E-state index in [1.54, 1.807) is 0 Å². The van der Waals surface area contributed by atoms with E-state index in [1.165, 1.54) is 44.9 Å². The second kappa shape index (κ2) is 12.5. The van der Waals surface area contributed by atoms with E-state index in [2.05, 4.69) is 38.2 Å². The van der Waals surface area contributed by atoms with Crippen molar-refractivity contribution in [2.45, 2.75) is 58.3 Å². The van der Waals surface area contributed by atoms with Crippen LogP contribution in [0.25, 0.3) is 0 Å². The van der Waals surface area contributed by atoms with Gasteiger partial charge in [-0.3, -0.25) is 0 Å². The van der Waals surface area contributed by atoms with Gasteiger partial charge in [0, 0.05) is 0 Å². The Kier molecular flexibility index (Phi) is 12.0. The fourth-order valence-corrected chi connectivity index (χ4v) is 1.37. The van der Waals surface area contributed by atoms with Crippen molar-refractivity contribution >= 4 is 0 Å². The maximum Gasteiger partial charge on any atom is -0.0351 e. The van der Waals surface area contributed by atoms with E-state index in [9.17, 15) is 0 Å². The summed E-state index contributed by atoms with van der Waals surface area (Å²) in [5.74, 6) is 0. The number of hydrogen-bond donors (Lipinski definition) is 0. The zero-order valence-electron chi connectivity index (χ0n) is 9.67. The Labute approximate surface area is 90.1 Å². The summed E-state index contributed by atoms with van der Waals surface area (Å²) >= 11 is 0. The molecule has 0 heteroatoms. The van der Waals surface area contributed by atoms with Crippen LogP contribution in [-0.4, -0.2) is 0 Å². The van der Waals surface area contributed by atoms with Crippen LogP contribution in [0.15, 0.2) is 24.3 Å². The summed E-state index contributed by atoms with van der Waals surface area (Å²) in [7, 11) is 0. The molecule has 81 valence electrons. The molecule has 0 aliphatic carbocycles. The van der Waals surface area contributed by atoms with Crippen molar-refractivity contribution in [1.82, 2.24) is 0 Å². The van der Waals surface area contributed by atoms with Crippen LogP contribution in [0.4, 0.5) is 0 Å². The largest absolute Gasteiger partial charge is 0.0917 e. The summed E-state index contributed by atoms with van der Waals surface area (Å²) in [4.78, 5) is 0. The summed E-state index contributed by atoms with van der Waals surface area (Å²) < 4.78 is 0. The third-order valence-electron chi connectivity index (χ3n) is 2.26. The lowest BCUT2D eigenvalue weighted by molar-refractivity contribution is 0.694. The van der Waals surface area contributed by atoms with Crippen molar-refractivity contribution in [3.63, 3.8) is 0 Å². The number of hydrogen-bond acceptors (Lipinski definition) is 0. The molecule has 0 amide bonds. The van der Waals surface area contributed by atoms with E-state index in [4.69, 9.17) is 0 Å². The summed E-state index contributed by atoms with van der Waals surface area (Å²) in [6.07, 6.45) is 19.1. The monoisotopic (exact) mass is 193 g/mol. The van der Waals surface area contributed by atoms with Crippen molar-refractivity contribution in [3.05, 3.63) is 31.2 Å². The van der Waals surface area contributed by atoms with Gasteiger partial charge in [0.15, 0.2) is 0 Å². The molecule has 0 aromatic rings. The molecule has 0 nitrogen and oxygen atoms in total. The van der Waals surface area contributed by atoms with Gasteiger partial charge in [-0.25, -0.2) is 0 Å². The first-order valence-electron chi connectivity index (χ1n) is 5.97. The molecule has 0 spiro atoms. The fraction of sp³-hybridized carbons (Fsp3) is 0.643. The van der Waals surface area contributed by atoms with Crippen LogP contribution in [0.5, 0.6) is 0 Å². The highest BCUT2D eigenvalue weighted by Gasteiger charge is 1.85. The van der Waals surface area contributed by atoms with Gasteiger partial charge < -0.3 is 0 Å². The number of allylic oxidation sites excluding steroid dienone is 4. The second-order valence-corrected chi connectivity index (χ2v) is 3.67. The topological polar surface area (TPSA) is 0 Å². The highest BCUT2D eigenvalue weighted by atomic mass is 13.9. The molecular formula is C14H25. The molecule has 0 atom stereocenters. The number of rotatable bonds is 9. The Hall–Kier alpha value is -0.520. The Morgan fingerprint density at radius 3 is 1.93 bits per heavy atom. The molecule has 0 saturated carbocycles. The Morgan fingerprint density at radius 1 is 0.786 bits per heavy atom. The van der Waals surface area contributed by atoms with Gasteiger partial charge in [0.05, 0.1) is 0 Å². The first-order chi connectivity index (χ1) is 6.91. The number of unbranched alkanes of at least 4 members (excludes halogenated alkanes) is 6. The van der Waals surface area contributed by atoms with Crippen molar-refractivity contribution in [1.29, 1.82) is 0 Å². The molecule has 14 heavy (non-hydrogen) atoms. The second-order valence-electron chi connectivity index (χ2n) is 3.67. The Bertz CT molecular complexity index is 142. The fourth-order valence-electron chi connectivity index (χ4n) is 1.37. The van der Waals surface area contributed by atoms with E-state index >= 15 is 0 Å². The average molecular weight is 193 g/mol. The van der Waals surface area contributed by atoms with Gasteiger partial charge >= 0.3 is 0 Å². The molecule has 1 radical (unpaired) electrons. The normalized spacial score (nSPS) is 11.9. The molecule has 0 N–H and O–H groups in total. The van der Waals surface area contributed by atoms with Crippen LogP contribution < -0.4 is 0 Å². The molecule has 0 heterocycles. The van der Waals surface area contributed by atoms with Crippen LogP contribution in [0.1, 0.15) is 58.3 Å². The standard InChI is InChI=1S/C14H25/c1-3-5-7-9-11-13-14-12-10-8-6-4-2/h4,6,9,11H,1,3,5,7-8,10,12-14H2,2H3. The predicted molar refractivity (Wildman–Crippen MR) is 66.2 cm³/mol. The SMILES string of the molecule is [CH2]CCCC=CCCCCCC=CC. The molecule has 0 saturated heterocycles. The summed E-state index contributed by atoms with van der Waals surface area (Å²) in [6.45, 7) is 5.91. The van der Waals surface area contributed by atoms with Crippen molar-refractivity contribution in [2.75, 3.05) is 0 Å². The molecule has 0 aliphatic rings. The van der Waals surface area contributed by atoms with Gasteiger partial charge in [-0.2, -0.15) is 0 Å². The van der Waals surface area contributed by atoms with Gasteiger partial charge in [0.25, 0.3) is 0 Å². The van der Waals surface area contributed by atoms with E-state index in [0.717, 1.165) is 6.42 Å². The molecule has 0 rings (SSSR count). The van der Waals surface area contributed by atoms with Crippen LogP contribution in [0, 0.1) is 6.92 Å². The van der Waals surface area contributed by atoms with Crippen molar-refractivity contribution in [2.24, 2.45) is 0 Å². The van der Waals surface area contributed by atoms with Crippen molar-refractivity contribution in [3.8, 4) is 0 Å². The minimum atomic E-state index is 1.06. The van der Waals surface area contributed by atoms with Gasteiger partial charge in [-0.15, -0.1) is 0 Å². The predicted octanol–water partition coefficient (Wildman–Crippen LogP) is 5.07. The summed E-state index contributed by atoms with van der Waals surface area (Å²) in [6, 6.07) is 0. The third kappa shape index (κ3) is 11.5. The lowest BCUT2D eigenvalue weighted by Crippen LogP contribution is -1.75. The highest BCUT2D eigenvalue weighted by molar-refractivity contribution is 4.81. The lowest BCUT2D eigenvalue weighted by Gasteiger charge is -1.95. The molecule has 0 unspecified atom stereocenters. The minimum Gasteiger partial charge on any atom is -0.0917 e. The molecule has 0 aromatic carbocycles. The molecular weight excluding hydrogens is 168 g/mol. The Balaban J connectivity index is 3.01. The smallest absolute Gasteiger partial charge is 0.0351 e. The Morgan fingerprint density at radius 2 is 1.36 bits per heavy atom. The van der Waals surface area contributed by atoms with E-state index in [-0.39, 0.29) is 0 Å². The maximum atomic E-state index is 3.82. The minimum absolute atomic E-state index is 1.06. The van der Waals surface area contributed by atoms with E-state index < -0.39 is 0 Å². The highest BCUT2D eigenvalue weighted by Crippen LogP contribution is 2.05. The van der Waals surface area contributed by atoms with Gasteiger partial charge in [0.1, 0.15) is 0 Å². The van der Waals surface area contributed by atoms with Crippen LogP contribution in [-0.2, 0) is 0 Å². The van der Waals surface area contributed by atoms with Crippen LogP contribution >= 0.6 is 0 Å². The summed E-state index contributed by atoms with van der Waals surface area (Å²) in [5, 5.41) is 0. The van der Waals surface area contributed by atoms with Crippen LogP contribution in [0.3, 0.4) is 0 Å². The lowest BCUT2D eigenvalue weighted by atomic mass is 10.1.